The number of aliphatic hydroxyl groups is 1. The van der Waals surface area contributed by atoms with Gasteiger partial charge < -0.3 is 9.84 Å². The van der Waals surface area contributed by atoms with Gasteiger partial charge in [-0.1, -0.05) is 6.07 Å². The van der Waals surface area contributed by atoms with Gasteiger partial charge in [0.15, 0.2) is 0 Å². The summed E-state index contributed by atoms with van der Waals surface area (Å²) in [5.41, 5.74) is 0.974. The number of rotatable bonds is 4. The Kier molecular flexibility index (Phi) is 4.31. The highest BCUT2D eigenvalue weighted by molar-refractivity contribution is 5.04. The Morgan fingerprint density at radius 3 is 2.88 bits per heavy atom. The summed E-state index contributed by atoms with van der Waals surface area (Å²) in [5, 5.41) is 9.97. The second kappa shape index (κ2) is 5.97. The van der Waals surface area contributed by atoms with E-state index in [1.165, 1.54) is 0 Å². The second-order valence-corrected chi connectivity index (χ2v) is 4.47. The fraction of sp³-hybridized carbons (Fsp3) is 0.615. The highest BCUT2D eigenvalue weighted by atomic mass is 16.5. The fourth-order valence-corrected chi connectivity index (χ4v) is 2.21. The Labute approximate surface area is 96.5 Å². The zero-order valence-electron chi connectivity index (χ0n) is 9.51. The predicted octanol–water partition coefficient (Wildman–Crippen LogP) is 1.80. The minimum absolute atomic E-state index is 0.266. The van der Waals surface area contributed by atoms with Crippen LogP contribution >= 0.6 is 0 Å². The van der Waals surface area contributed by atoms with Crippen molar-refractivity contribution in [1.29, 1.82) is 0 Å². The first-order valence-electron chi connectivity index (χ1n) is 6.00. The average Bonchev–Trinajstić information content (AvgIpc) is 2.31. The van der Waals surface area contributed by atoms with E-state index in [1.54, 1.807) is 6.20 Å². The zero-order valence-corrected chi connectivity index (χ0v) is 9.51. The molecule has 1 atom stereocenters. The Morgan fingerprint density at radius 2 is 2.19 bits per heavy atom. The molecule has 88 valence electrons. The van der Waals surface area contributed by atoms with Crippen molar-refractivity contribution in [1.82, 2.24) is 4.98 Å². The maximum atomic E-state index is 9.97. The van der Waals surface area contributed by atoms with Gasteiger partial charge in [0.25, 0.3) is 0 Å². The molecule has 1 N–H and O–H groups in total. The van der Waals surface area contributed by atoms with Crippen molar-refractivity contribution in [3.63, 3.8) is 0 Å². The molecule has 0 saturated carbocycles. The van der Waals surface area contributed by atoms with E-state index in [4.69, 9.17) is 4.74 Å². The summed E-state index contributed by atoms with van der Waals surface area (Å²) in [4.78, 5) is 4.23. The zero-order chi connectivity index (χ0) is 11.2. The Bertz CT molecular complexity index is 296. The van der Waals surface area contributed by atoms with Gasteiger partial charge in [0, 0.05) is 31.5 Å². The summed E-state index contributed by atoms with van der Waals surface area (Å²) in [7, 11) is 0. The van der Waals surface area contributed by atoms with E-state index in [-0.39, 0.29) is 6.10 Å². The average molecular weight is 221 g/mol. The van der Waals surface area contributed by atoms with Crippen LogP contribution in [0.3, 0.4) is 0 Å². The number of pyridine rings is 1. The number of hydrogen-bond acceptors (Lipinski definition) is 3. The Balaban J connectivity index is 1.77. The summed E-state index contributed by atoms with van der Waals surface area (Å²) >= 11 is 0. The van der Waals surface area contributed by atoms with E-state index >= 15 is 0 Å². The van der Waals surface area contributed by atoms with Gasteiger partial charge in [-0.2, -0.15) is 0 Å². The lowest BCUT2D eigenvalue weighted by Gasteiger charge is -2.24. The summed E-state index contributed by atoms with van der Waals surface area (Å²) in [6, 6.07) is 5.82. The summed E-state index contributed by atoms with van der Waals surface area (Å²) in [5.74, 6) is 0.618. The van der Waals surface area contributed by atoms with Gasteiger partial charge in [0.05, 0.1) is 6.10 Å². The molecule has 1 unspecified atom stereocenters. The third kappa shape index (κ3) is 3.58. The molecular formula is C13H19NO2. The molecule has 0 aromatic carbocycles. The number of aliphatic hydroxyl groups excluding tert-OH is 1. The maximum Gasteiger partial charge on any atom is 0.0598 e. The van der Waals surface area contributed by atoms with Crippen LogP contribution in [0.5, 0.6) is 0 Å². The molecule has 2 heterocycles. The molecule has 3 nitrogen and oxygen atoms in total. The van der Waals surface area contributed by atoms with Crippen LogP contribution in [-0.2, 0) is 11.2 Å². The molecule has 0 spiro atoms. The van der Waals surface area contributed by atoms with Gasteiger partial charge in [-0.25, -0.2) is 0 Å². The molecule has 1 aliphatic heterocycles. The third-order valence-corrected chi connectivity index (χ3v) is 3.12. The minimum atomic E-state index is -0.266. The van der Waals surface area contributed by atoms with Crippen molar-refractivity contribution in [2.75, 3.05) is 13.2 Å². The number of hydrogen-bond donors (Lipinski definition) is 1. The molecule has 0 radical (unpaired) electrons. The van der Waals surface area contributed by atoms with E-state index in [1.807, 2.05) is 18.2 Å². The fourth-order valence-electron chi connectivity index (χ4n) is 2.21. The van der Waals surface area contributed by atoms with Gasteiger partial charge in [-0.15, -0.1) is 0 Å². The van der Waals surface area contributed by atoms with Gasteiger partial charge in [0.2, 0.25) is 0 Å². The minimum Gasteiger partial charge on any atom is -0.393 e. The predicted molar refractivity (Wildman–Crippen MR) is 62.1 cm³/mol. The quantitative estimate of drug-likeness (QED) is 0.843. The maximum absolute atomic E-state index is 9.97. The number of nitrogens with zero attached hydrogens (tertiary/aromatic N) is 1. The van der Waals surface area contributed by atoms with E-state index < -0.39 is 0 Å². The van der Waals surface area contributed by atoms with Crippen molar-refractivity contribution >= 4 is 0 Å². The first-order valence-corrected chi connectivity index (χ1v) is 6.00. The second-order valence-electron chi connectivity index (χ2n) is 4.47. The van der Waals surface area contributed by atoms with Crippen molar-refractivity contribution in [2.45, 2.75) is 31.8 Å². The molecule has 0 aliphatic carbocycles. The number of ether oxygens (including phenoxy) is 1. The van der Waals surface area contributed by atoms with Crippen LogP contribution in [0.1, 0.15) is 25.0 Å². The molecule has 0 amide bonds. The lowest BCUT2D eigenvalue weighted by molar-refractivity contribution is 0.0437. The van der Waals surface area contributed by atoms with Crippen molar-refractivity contribution in [2.24, 2.45) is 5.92 Å². The molecule has 1 aromatic rings. The Hall–Kier alpha value is -0.930. The highest BCUT2D eigenvalue weighted by Gasteiger charge is 2.18. The van der Waals surface area contributed by atoms with Crippen LogP contribution in [0.15, 0.2) is 24.4 Å². The molecule has 1 aromatic heterocycles. The molecule has 1 saturated heterocycles. The van der Waals surface area contributed by atoms with Crippen LogP contribution < -0.4 is 0 Å². The van der Waals surface area contributed by atoms with Crippen molar-refractivity contribution in [3.8, 4) is 0 Å². The lowest BCUT2D eigenvalue weighted by Crippen LogP contribution is -2.22. The molecule has 16 heavy (non-hydrogen) atoms. The van der Waals surface area contributed by atoms with E-state index in [0.717, 1.165) is 38.2 Å². The van der Waals surface area contributed by atoms with Gasteiger partial charge in [0.1, 0.15) is 0 Å². The highest BCUT2D eigenvalue weighted by Crippen LogP contribution is 2.21. The van der Waals surface area contributed by atoms with Crippen LogP contribution in [-0.4, -0.2) is 29.4 Å². The summed E-state index contributed by atoms with van der Waals surface area (Å²) in [6.07, 6.45) is 5.21. The van der Waals surface area contributed by atoms with E-state index in [0.29, 0.717) is 12.3 Å². The van der Waals surface area contributed by atoms with Gasteiger partial charge in [-0.3, -0.25) is 4.98 Å². The first-order chi connectivity index (χ1) is 7.84. The normalized spacial score (nSPS) is 19.6. The largest absolute Gasteiger partial charge is 0.393 e. The van der Waals surface area contributed by atoms with E-state index in [2.05, 4.69) is 4.98 Å². The van der Waals surface area contributed by atoms with Gasteiger partial charge in [-0.05, 0) is 37.3 Å². The monoisotopic (exact) mass is 221 g/mol. The van der Waals surface area contributed by atoms with Crippen molar-refractivity contribution in [3.05, 3.63) is 30.1 Å². The molecule has 2 rings (SSSR count). The SMILES string of the molecule is OC(Cc1ccccn1)CC1CCOCC1. The third-order valence-electron chi connectivity index (χ3n) is 3.12. The van der Waals surface area contributed by atoms with Gasteiger partial charge >= 0.3 is 0 Å². The Morgan fingerprint density at radius 1 is 1.38 bits per heavy atom. The van der Waals surface area contributed by atoms with E-state index in [9.17, 15) is 5.11 Å². The number of aromatic nitrogens is 1. The molecule has 1 fully saturated rings. The topological polar surface area (TPSA) is 42.4 Å². The van der Waals surface area contributed by atoms with Crippen LogP contribution in [0.2, 0.25) is 0 Å². The van der Waals surface area contributed by atoms with Crippen LogP contribution in [0, 0.1) is 5.92 Å². The summed E-state index contributed by atoms with van der Waals surface area (Å²) < 4.78 is 5.31. The smallest absolute Gasteiger partial charge is 0.0598 e. The molecule has 1 aliphatic rings. The lowest BCUT2D eigenvalue weighted by atomic mass is 9.92. The molecule has 3 heteroatoms. The van der Waals surface area contributed by atoms with Crippen molar-refractivity contribution < 1.29 is 9.84 Å². The van der Waals surface area contributed by atoms with Crippen LogP contribution in [0.4, 0.5) is 0 Å². The molecular weight excluding hydrogens is 202 g/mol. The van der Waals surface area contributed by atoms with Crippen LogP contribution in [0.25, 0.3) is 0 Å². The molecule has 0 bridgehead atoms. The standard InChI is InChI=1S/C13H19NO2/c15-13(9-11-4-7-16-8-5-11)10-12-3-1-2-6-14-12/h1-3,6,11,13,15H,4-5,7-10H2. The first kappa shape index (κ1) is 11.6. The summed E-state index contributed by atoms with van der Waals surface area (Å²) in [6.45, 7) is 1.70.